The number of hydrogen-bond acceptors (Lipinski definition) is 6. The number of nitrogens with zero attached hydrogens (tertiary/aromatic N) is 2. The molecule has 0 saturated heterocycles. The molecule has 0 spiro atoms. The first kappa shape index (κ1) is 14.4. The Morgan fingerprint density at radius 3 is 3.00 bits per heavy atom. The quantitative estimate of drug-likeness (QED) is 0.816. The molecule has 0 bridgehead atoms. The number of nitrogens with one attached hydrogen (secondary N) is 2. The number of carbonyl (C=O) groups excluding carboxylic acids is 1. The summed E-state index contributed by atoms with van der Waals surface area (Å²) in [7, 11) is 0. The maximum absolute atomic E-state index is 12.1. The molecule has 1 aromatic heterocycles. The van der Waals surface area contributed by atoms with E-state index in [1.165, 1.54) is 0 Å². The molecule has 1 aromatic carbocycles. The highest BCUT2D eigenvalue weighted by Gasteiger charge is 2.20. The molecule has 2 heterocycles. The molecule has 8 heteroatoms. The normalized spacial score (nSPS) is 12.0. The van der Waals surface area contributed by atoms with E-state index in [1.807, 2.05) is 0 Å². The summed E-state index contributed by atoms with van der Waals surface area (Å²) in [4.78, 5) is 20.1. The van der Waals surface area contributed by atoms with E-state index in [9.17, 15) is 4.79 Å². The number of rotatable bonds is 5. The van der Waals surface area contributed by atoms with Crippen molar-refractivity contribution in [3.05, 3.63) is 41.3 Å². The largest absolute Gasteiger partial charge is 0.454 e. The Kier molecular flexibility index (Phi) is 4.24. The number of aromatic nitrogens is 2. The lowest BCUT2D eigenvalue weighted by Gasteiger charge is -2.08. The average molecular weight is 321 g/mol. The van der Waals surface area contributed by atoms with Crippen molar-refractivity contribution in [2.24, 2.45) is 0 Å². The molecule has 1 aliphatic rings. The summed E-state index contributed by atoms with van der Waals surface area (Å²) in [6, 6.07) is 3.17. The van der Waals surface area contributed by atoms with Gasteiger partial charge in [0.05, 0.1) is 11.2 Å². The molecule has 0 atom stereocenters. The lowest BCUT2D eigenvalue weighted by atomic mass is 10.2. The monoisotopic (exact) mass is 320 g/mol. The van der Waals surface area contributed by atoms with Gasteiger partial charge in [-0.05, 0) is 12.1 Å². The molecule has 0 aliphatic carbocycles. The van der Waals surface area contributed by atoms with Crippen LogP contribution in [0.3, 0.4) is 0 Å². The van der Waals surface area contributed by atoms with Crippen LogP contribution >= 0.6 is 11.6 Å². The molecular weight excluding hydrogens is 308 g/mol. The third-order valence-corrected chi connectivity index (χ3v) is 3.25. The summed E-state index contributed by atoms with van der Waals surface area (Å²) >= 11 is 6.05. The van der Waals surface area contributed by atoms with Gasteiger partial charge in [0.15, 0.2) is 11.5 Å². The van der Waals surface area contributed by atoms with Crippen molar-refractivity contribution in [1.82, 2.24) is 15.3 Å². The van der Waals surface area contributed by atoms with E-state index in [0.717, 1.165) is 0 Å². The molecule has 114 valence electrons. The lowest BCUT2D eigenvalue weighted by Crippen LogP contribution is -2.28. The molecule has 0 radical (unpaired) electrons. The van der Waals surface area contributed by atoms with Gasteiger partial charge in [0.25, 0.3) is 5.91 Å². The van der Waals surface area contributed by atoms with Crippen LogP contribution in [0.25, 0.3) is 0 Å². The van der Waals surface area contributed by atoms with E-state index in [2.05, 4.69) is 20.6 Å². The Bertz CT molecular complexity index is 681. The van der Waals surface area contributed by atoms with E-state index >= 15 is 0 Å². The van der Waals surface area contributed by atoms with Crippen molar-refractivity contribution in [2.75, 3.05) is 25.2 Å². The number of carbonyl (C=O) groups is 1. The van der Waals surface area contributed by atoms with Crippen LogP contribution in [0.2, 0.25) is 5.02 Å². The van der Waals surface area contributed by atoms with Crippen LogP contribution in [0, 0.1) is 0 Å². The smallest absolute Gasteiger partial charge is 0.251 e. The maximum atomic E-state index is 12.1. The molecule has 0 saturated carbocycles. The van der Waals surface area contributed by atoms with Crippen molar-refractivity contribution in [3.63, 3.8) is 0 Å². The number of fused-ring (bicyclic) bond motifs is 1. The molecule has 2 N–H and O–H groups in total. The fourth-order valence-corrected chi connectivity index (χ4v) is 2.22. The second kappa shape index (κ2) is 6.48. The molecule has 0 fully saturated rings. The molecule has 2 aromatic rings. The van der Waals surface area contributed by atoms with Crippen molar-refractivity contribution in [1.29, 1.82) is 0 Å². The Morgan fingerprint density at radius 1 is 1.27 bits per heavy atom. The van der Waals surface area contributed by atoms with E-state index in [1.54, 1.807) is 30.7 Å². The molecule has 1 aliphatic heterocycles. The van der Waals surface area contributed by atoms with Crippen molar-refractivity contribution in [2.45, 2.75) is 0 Å². The van der Waals surface area contributed by atoms with Crippen LogP contribution in [0.1, 0.15) is 10.4 Å². The Morgan fingerprint density at radius 2 is 2.18 bits per heavy atom. The first-order chi connectivity index (χ1) is 10.7. The topological polar surface area (TPSA) is 85.4 Å². The van der Waals surface area contributed by atoms with Crippen molar-refractivity contribution < 1.29 is 14.3 Å². The summed E-state index contributed by atoms with van der Waals surface area (Å²) < 4.78 is 10.4. The molecule has 3 rings (SSSR count). The van der Waals surface area contributed by atoms with Crippen molar-refractivity contribution in [3.8, 4) is 11.5 Å². The number of anilines is 1. The van der Waals surface area contributed by atoms with Crippen LogP contribution < -0.4 is 20.1 Å². The molecule has 22 heavy (non-hydrogen) atoms. The Hall–Kier alpha value is -2.54. The minimum absolute atomic E-state index is 0.113. The first-order valence-corrected chi connectivity index (χ1v) is 6.99. The molecular formula is C14H13ClN4O3. The molecule has 1 amide bonds. The standard InChI is InChI=1S/C14H13ClN4O3/c15-10-5-9(6-11-13(10)22-8-21-11)14(20)19-4-3-18-12-7-16-1-2-17-12/h1-2,5-7H,3-4,8H2,(H,17,18)(H,19,20). The molecule has 0 unspecified atom stereocenters. The number of halogens is 1. The second-order valence-electron chi connectivity index (χ2n) is 4.47. The maximum Gasteiger partial charge on any atom is 0.251 e. The van der Waals surface area contributed by atoms with E-state index in [0.29, 0.717) is 41.0 Å². The predicted octanol–water partition coefficient (Wildman–Crippen LogP) is 1.70. The number of hydrogen-bond donors (Lipinski definition) is 2. The van der Waals surface area contributed by atoms with Gasteiger partial charge in [0.2, 0.25) is 6.79 Å². The summed E-state index contributed by atoms with van der Waals surface area (Å²) in [5.74, 6) is 1.38. The zero-order valence-corrected chi connectivity index (χ0v) is 12.3. The van der Waals surface area contributed by atoms with E-state index < -0.39 is 0 Å². The number of amides is 1. The van der Waals surface area contributed by atoms with Gasteiger partial charge in [-0.25, -0.2) is 4.98 Å². The van der Waals surface area contributed by atoms with Crippen LogP contribution in [0.4, 0.5) is 5.82 Å². The zero-order valence-electron chi connectivity index (χ0n) is 11.5. The Balaban J connectivity index is 1.53. The molecule has 7 nitrogen and oxygen atoms in total. The highest BCUT2D eigenvalue weighted by Crippen LogP contribution is 2.39. The van der Waals surface area contributed by atoms with Gasteiger partial charge in [0, 0.05) is 31.0 Å². The van der Waals surface area contributed by atoms with E-state index in [-0.39, 0.29) is 12.7 Å². The fraction of sp³-hybridized carbons (Fsp3) is 0.214. The highest BCUT2D eigenvalue weighted by atomic mass is 35.5. The van der Waals surface area contributed by atoms with Gasteiger partial charge in [-0.2, -0.15) is 0 Å². The average Bonchev–Trinajstić information content (AvgIpc) is 3.01. The third-order valence-electron chi connectivity index (χ3n) is 2.97. The van der Waals surface area contributed by atoms with Gasteiger partial charge in [0.1, 0.15) is 5.82 Å². The third kappa shape index (κ3) is 3.20. The van der Waals surface area contributed by atoms with Gasteiger partial charge < -0.3 is 20.1 Å². The van der Waals surface area contributed by atoms with Gasteiger partial charge in [-0.15, -0.1) is 0 Å². The summed E-state index contributed by atoms with van der Waals surface area (Å²) in [6.45, 7) is 1.08. The van der Waals surface area contributed by atoms with Crippen molar-refractivity contribution >= 4 is 23.3 Å². The zero-order chi connectivity index (χ0) is 15.4. The van der Waals surface area contributed by atoms with Gasteiger partial charge >= 0.3 is 0 Å². The van der Waals surface area contributed by atoms with E-state index in [4.69, 9.17) is 21.1 Å². The number of benzene rings is 1. The van der Waals surface area contributed by atoms with Gasteiger partial charge in [-0.1, -0.05) is 11.6 Å². The predicted molar refractivity (Wildman–Crippen MR) is 80.4 cm³/mol. The fourth-order valence-electron chi connectivity index (χ4n) is 1.96. The van der Waals surface area contributed by atoms with Gasteiger partial charge in [-0.3, -0.25) is 9.78 Å². The minimum atomic E-state index is -0.235. The summed E-state index contributed by atoms with van der Waals surface area (Å²) in [5.41, 5.74) is 0.425. The Labute approximate surface area is 131 Å². The SMILES string of the molecule is O=C(NCCNc1cnccn1)c1cc(Cl)c2c(c1)OCO2. The second-order valence-corrected chi connectivity index (χ2v) is 4.87. The van der Waals surface area contributed by atoms with Crippen LogP contribution in [0.15, 0.2) is 30.7 Å². The van der Waals surface area contributed by atoms with Crippen LogP contribution in [0.5, 0.6) is 11.5 Å². The lowest BCUT2D eigenvalue weighted by molar-refractivity contribution is 0.0954. The van der Waals surface area contributed by atoms with Crippen LogP contribution in [-0.4, -0.2) is 35.8 Å². The summed E-state index contributed by atoms with van der Waals surface area (Å²) in [5, 5.41) is 6.19. The first-order valence-electron chi connectivity index (χ1n) is 6.61. The number of ether oxygens (including phenoxy) is 2. The minimum Gasteiger partial charge on any atom is -0.454 e. The van der Waals surface area contributed by atoms with Crippen LogP contribution in [-0.2, 0) is 0 Å². The summed E-state index contributed by atoms with van der Waals surface area (Å²) in [6.07, 6.45) is 4.80. The highest BCUT2D eigenvalue weighted by molar-refractivity contribution is 6.32.